The van der Waals surface area contributed by atoms with Crippen LogP contribution < -0.4 is 20.9 Å². The number of anilines is 3. The number of piperidine rings is 1. The maximum atomic E-state index is 13.6. The maximum Gasteiger partial charge on any atom is 0.419 e. The van der Waals surface area contributed by atoms with Crippen LogP contribution in [0.1, 0.15) is 42.9 Å². The lowest BCUT2D eigenvalue weighted by atomic mass is 9.92. The molecule has 0 spiro atoms. The molecule has 6 heterocycles. The third-order valence-corrected chi connectivity index (χ3v) is 7.17. The number of hydrogen-bond acceptors (Lipinski definition) is 8. The molecule has 2 unspecified atom stereocenters. The SMILES string of the molecule is Nc1ncc(C(F)(F)F)c([C@@H]2CCCN(c3ncc4c(N5CC6CCC(C5)N6)nccn34)C2)n1. The molecule has 9 nitrogen and oxygen atoms in total. The summed E-state index contributed by atoms with van der Waals surface area (Å²) in [5.41, 5.74) is 5.71. The van der Waals surface area contributed by atoms with E-state index in [0.717, 1.165) is 37.0 Å². The summed E-state index contributed by atoms with van der Waals surface area (Å²) in [4.78, 5) is 21.3. The zero-order chi connectivity index (χ0) is 23.4. The number of nitrogens with one attached hydrogen (secondary N) is 1. The van der Waals surface area contributed by atoms with Crippen LogP contribution in [0.4, 0.5) is 30.9 Å². The van der Waals surface area contributed by atoms with Gasteiger partial charge in [-0.25, -0.2) is 19.9 Å². The van der Waals surface area contributed by atoms with E-state index in [1.54, 1.807) is 6.20 Å². The number of rotatable bonds is 3. The van der Waals surface area contributed by atoms with Crippen molar-refractivity contribution >= 4 is 23.2 Å². The molecule has 0 aromatic carbocycles. The van der Waals surface area contributed by atoms with Gasteiger partial charge in [0, 0.05) is 62.8 Å². The average Bonchev–Trinajstić information content (AvgIpc) is 3.40. The Hall–Kier alpha value is -3.15. The van der Waals surface area contributed by atoms with Gasteiger partial charge in [-0.3, -0.25) is 4.40 Å². The summed E-state index contributed by atoms with van der Waals surface area (Å²) in [5.74, 6) is 1.04. The summed E-state index contributed by atoms with van der Waals surface area (Å²) < 4.78 is 42.9. The van der Waals surface area contributed by atoms with Crippen LogP contribution in [0.2, 0.25) is 0 Å². The maximum absolute atomic E-state index is 13.6. The highest BCUT2D eigenvalue weighted by Crippen LogP contribution is 2.38. The van der Waals surface area contributed by atoms with E-state index < -0.39 is 17.7 Å². The molecule has 6 rings (SSSR count). The number of piperazine rings is 1. The van der Waals surface area contributed by atoms with Crippen LogP contribution >= 0.6 is 0 Å². The third-order valence-electron chi connectivity index (χ3n) is 7.17. The molecule has 3 fully saturated rings. The number of hydrogen-bond donors (Lipinski definition) is 2. The van der Waals surface area contributed by atoms with E-state index in [0.29, 0.717) is 37.5 Å². The van der Waals surface area contributed by atoms with E-state index in [1.165, 1.54) is 12.8 Å². The number of nitrogens with zero attached hydrogens (tertiary/aromatic N) is 7. The average molecular weight is 474 g/mol. The van der Waals surface area contributed by atoms with Gasteiger partial charge in [0.2, 0.25) is 11.9 Å². The van der Waals surface area contributed by atoms with Crippen molar-refractivity contribution < 1.29 is 13.2 Å². The van der Waals surface area contributed by atoms with Crippen LogP contribution in [0.3, 0.4) is 0 Å². The second kappa shape index (κ2) is 7.97. The van der Waals surface area contributed by atoms with Crippen molar-refractivity contribution in [2.24, 2.45) is 0 Å². The topological polar surface area (TPSA) is 100 Å². The van der Waals surface area contributed by atoms with Gasteiger partial charge in [-0.2, -0.15) is 13.2 Å². The molecule has 3 aromatic rings. The van der Waals surface area contributed by atoms with Crippen LogP contribution in [0.15, 0.2) is 24.8 Å². The number of halogens is 3. The predicted molar refractivity (Wildman–Crippen MR) is 121 cm³/mol. The quantitative estimate of drug-likeness (QED) is 0.599. The fourth-order valence-electron chi connectivity index (χ4n) is 5.67. The molecular formula is C22H26F3N9. The number of imidazole rings is 1. The second-order valence-electron chi connectivity index (χ2n) is 9.42. The minimum atomic E-state index is -4.53. The molecule has 3 N–H and O–H groups in total. The molecule has 34 heavy (non-hydrogen) atoms. The van der Waals surface area contributed by atoms with Crippen LogP contribution in [-0.4, -0.2) is 62.6 Å². The van der Waals surface area contributed by atoms with Gasteiger partial charge in [-0.05, 0) is 25.7 Å². The number of alkyl halides is 3. The van der Waals surface area contributed by atoms with Crippen molar-refractivity contribution in [1.29, 1.82) is 0 Å². The highest BCUT2D eigenvalue weighted by molar-refractivity contribution is 5.71. The first kappa shape index (κ1) is 21.4. The summed E-state index contributed by atoms with van der Waals surface area (Å²) in [6.45, 7) is 2.89. The largest absolute Gasteiger partial charge is 0.419 e. The molecule has 0 aliphatic carbocycles. The van der Waals surface area contributed by atoms with Crippen LogP contribution in [0, 0.1) is 0 Å². The van der Waals surface area contributed by atoms with Gasteiger partial charge in [0.05, 0.1) is 17.5 Å². The lowest BCUT2D eigenvalue weighted by Crippen LogP contribution is -2.51. The minimum absolute atomic E-state index is 0.0378. The van der Waals surface area contributed by atoms with Crippen molar-refractivity contribution in [1.82, 2.24) is 29.7 Å². The van der Waals surface area contributed by atoms with Crippen molar-refractivity contribution in [2.45, 2.75) is 49.9 Å². The first-order chi connectivity index (χ1) is 16.4. The summed E-state index contributed by atoms with van der Waals surface area (Å²) >= 11 is 0. The highest BCUT2D eigenvalue weighted by Gasteiger charge is 2.39. The number of fused-ring (bicyclic) bond motifs is 3. The molecule has 180 valence electrons. The lowest BCUT2D eigenvalue weighted by Gasteiger charge is -2.34. The molecule has 3 aromatic heterocycles. The van der Waals surface area contributed by atoms with Gasteiger partial charge in [0.1, 0.15) is 5.52 Å². The fourth-order valence-corrected chi connectivity index (χ4v) is 5.67. The second-order valence-corrected chi connectivity index (χ2v) is 9.42. The van der Waals surface area contributed by atoms with E-state index in [1.807, 2.05) is 21.7 Å². The molecule has 2 bridgehead atoms. The fraction of sp³-hybridized carbons (Fsp3) is 0.545. The third kappa shape index (κ3) is 3.69. The van der Waals surface area contributed by atoms with Crippen molar-refractivity contribution in [3.63, 3.8) is 0 Å². The molecule has 0 amide bonds. The lowest BCUT2D eigenvalue weighted by molar-refractivity contribution is -0.139. The molecule has 3 aliphatic rings. The molecule has 0 radical (unpaired) electrons. The van der Waals surface area contributed by atoms with Crippen LogP contribution in [0.25, 0.3) is 5.52 Å². The predicted octanol–water partition coefficient (Wildman–Crippen LogP) is 2.44. The summed E-state index contributed by atoms with van der Waals surface area (Å²) in [6, 6.07) is 0.961. The number of nitrogen functional groups attached to an aromatic ring is 1. The summed E-state index contributed by atoms with van der Waals surface area (Å²) in [7, 11) is 0. The molecule has 3 atom stereocenters. The number of nitrogens with two attached hydrogens (primary N) is 1. The first-order valence-electron chi connectivity index (χ1n) is 11.6. The molecule has 3 saturated heterocycles. The van der Waals surface area contributed by atoms with Crippen molar-refractivity contribution in [3.8, 4) is 0 Å². The van der Waals surface area contributed by atoms with Crippen molar-refractivity contribution in [3.05, 3.63) is 36.0 Å². The smallest absolute Gasteiger partial charge is 0.368 e. The Balaban J connectivity index is 1.31. The Bertz CT molecular complexity index is 1200. The van der Waals surface area contributed by atoms with E-state index in [2.05, 4.69) is 30.2 Å². The Morgan fingerprint density at radius 1 is 0.971 bits per heavy atom. The minimum Gasteiger partial charge on any atom is -0.368 e. The van der Waals surface area contributed by atoms with E-state index in [4.69, 9.17) is 5.73 Å². The summed E-state index contributed by atoms with van der Waals surface area (Å²) in [5, 5.41) is 3.63. The zero-order valence-electron chi connectivity index (χ0n) is 18.5. The van der Waals surface area contributed by atoms with Gasteiger partial charge in [-0.15, -0.1) is 0 Å². The number of aromatic nitrogens is 5. The Kier molecular flexibility index (Phi) is 5.01. The molecular weight excluding hydrogens is 447 g/mol. The zero-order valence-corrected chi connectivity index (χ0v) is 18.5. The molecule has 12 heteroatoms. The Morgan fingerprint density at radius 3 is 2.53 bits per heavy atom. The summed E-state index contributed by atoms with van der Waals surface area (Å²) in [6.07, 6.45) is 5.38. The van der Waals surface area contributed by atoms with Gasteiger partial charge in [0.15, 0.2) is 5.82 Å². The standard InChI is InChI=1S/C22H26F3N9/c23-22(24,25)16-8-28-20(26)31-18(16)13-2-1-6-32(10-13)21-29-9-17-19(27-5-7-34(17)21)33-11-14-3-4-15(12-33)30-14/h5,7-9,13-15,30H,1-4,6,10-12H2,(H2,26,28,31)/t13-,14?,15?/m1/s1. The van der Waals surface area contributed by atoms with Gasteiger partial charge in [0.25, 0.3) is 0 Å². The van der Waals surface area contributed by atoms with Gasteiger partial charge >= 0.3 is 6.18 Å². The normalized spacial score (nSPS) is 25.3. The van der Waals surface area contributed by atoms with Crippen LogP contribution in [0.5, 0.6) is 0 Å². The van der Waals surface area contributed by atoms with E-state index in [9.17, 15) is 13.2 Å². The van der Waals surface area contributed by atoms with Gasteiger partial charge < -0.3 is 20.9 Å². The van der Waals surface area contributed by atoms with Gasteiger partial charge in [-0.1, -0.05) is 0 Å². The molecule has 0 saturated carbocycles. The monoisotopic (exact) mass is 473 g/mol. The highest BCUT2D eigenvalue weighted by atomic mass is 19.4. The van der Waals surface area contributed by atoms with E-state index >= 15 is 0 Å². The van der Waals surface area contributed by atoms with Crippen molar-refractivity contribution in [2.75, 3.05) is 41.7 Å². The van der Waals surface area contributed by atoms with E-state index in [-0.39, 0.29) is 11.6 Å². The molecule has 3 aliphatic heterocycles. The Morgan fingerprint density at radius 2 is 1.76 bits per heavy atom. The van der Waals surface area contributed by atoms with Crippen LogP contribution in [-0.2, 0) is 6.18 Å². The first-order valence-corrected chi connectivity index (χ1v) is 11.6. The Labute approximate surface area is 194 Å².